The molecule has 0 aliphatic carbocycles. The van der Waals surface area contributed by atoms with Gasteiger partial charge in [0.1, 0.15) is 17.6 Å². The lowest BCUT2D eigenvalue weighted by atomic mass is 10.1. The van der Waals surface area contributed by atoms with E-state index < -0.39 is 23.3 Å². The van der Waals surface area contributed by atoms with Gasteiger partial charge in [0.25, 0.3) is 5.91 Å². The van der Waals surface area contributed by atoms with Gasteiger partial charge in [-0.2, -0.15) is 0 Å². The van der Waals surface area contributed by atoms with E-state index >= 15 is 0 Å². The summed E-state index contributed by atoms with van der Waals surface area (Å²) in [5.41, 5.74) is 0.189. The van der Waals surface area contributed by atoms with Crippen LogP contribution >= 0.6 is 23.2 Å². The monoisotopic (exact) mass is 454 g/mol. The molecule has 1 atom stereocenters. The van der Waals surface area contributed by atoms with Gasteiger partial charge in [0.05, 0.1) is 0 Å². The van der Waals surface area contributed by atoms with Crippen LogP contribution in [-0.4, -0.2) is 34.9 Å². The average Bonchev–Trinajstić information content (AvgIpc) is 2.65. The molecule has 8 heteroatoms. The number of ether oxygens (including phenoxy) is 1. The van der Waals surface area contributed by atoms with Crippen LogP contribution in [0.25, 0.3) is 0 Å². The van der Waals surface area contributed by atoms with E-state index in [2.05, 4.69) is 5.32 Å². The number of nitrogens with one attached hydrogen (secondary N) is 1. The van der Waals surface area contributed by atoms with Crippen LogP contribution in [0, 0.1) is 5.82 Å². The zero-order chi connectivity index (χ0) is 22.5. The molecule has 2 aromatic carbocycles. The molecule has 1 N–H and O–H groups in total. The fraction of sp³-hybridized carbons (Fsp3) is 0.364. The number of carbonyl (C=O) groups excluding carboxylic acids is 2. The van der Waals surface area contributed by atoms with Gasteiger partial charge in [-0.3, -0.25) is 9.59 Å². The predicted octanol–water partition coefficient (Wildman–Crippen LogP) is 4.84. The Morgan fingerprint density at radius 1 is 1.13 bits per heavy atom. The van der Waals surface area contributed by atoms with Gasteiger partial charge in [0.2, 0.25) is 5.91 Å². The fourth-order valence-corrected chi connectivity index (χ4v) is 3.12. The van der Waals surface area contributed by atoms with E-state index in [0.29, 0.717) is 21.4 Å². The molecule has 30 heavy (non-hydrogen) atoms. The lowest BCUT2D eigenvalue weighted by molar-refractivity contribution is -0.142. The molecule has 0 aromatic heterocycles. The molecule has 0 aliphatic heterocycles. The maximum atomic E-state index is 13.1. The zero-order valence-electron chi connectivity index (χ0n) is 17.3. The van der Waals surface area contributed by atoms with E-state index in [-0.39, 0.29) is 19.1 Å². The van der Waals surface area contributed by atoms with Gasteiger partial charge in [-0.05, 0) is 69.7 Å². The Morgan fingerprint density at radius 2 is 1.77 bits per heavy atom. The normalized spacial score (nSPS) is 12.2. The van der Waals surface area contributed by atoms with Gasteiger partial charge in [-0.25, -0.2) is 4.39 Å². The molecule has 5 nitrogen and oxygen atoms in total. The molecule has 0 unspecified atom stereocenters. The largest absolute Gasteiger partial charge is 0.484 e. The number of hydrogen-bond acceptors (Lipinski definition) is 3. The molecule has 0 saturated heterocycles. The maximum absolute atomic E-state index is 13.1. The third-order valence-corrected chi connectivity index (χ3v) is 4.78. The van der Waals surface area contributed by atoms with E-state index in [0.717, 1.165) is 0 Å². The molecule has 0 aliphatic rings. The van der Waals surface area contributed by atoms with Crippen LogP contribution in [-0.2, 0) is 16.1 Å². The Labute approximate surface area is 186 Å². The summed E-state index contributed by atoms with van der Waals surface area (Å²) in [6, 6.07) is 9.52. The van der Waals surface area contributed by atoms with Gasteiger partial charge < -0.3 is 15.0 Å². The first-order valence-electron chi connectivity index (χ1n) is 9.40. The third kappa shape index (κ3) is 7.18. The molecule has 0 saturated carbocycles. The highest BCUT2D eigenvalue weighted by Gasteiger charge is 2.29. The zero-order valence-corrected chi connectivity index (χ0v) is 18.9. The lowest BCUT2D eigenvalue weighted by Gasteiger charge is -2.31. The predicted molar refractivity (Wildman–Crippen MR) is 116 cm³/mol. The van der Waals surface area contributed by atoms with Gasteiger partial charge in [-0.15, -0.1) is 0 Å². The summed E-state index contributed by atoms with van der Waals surface area (Å²) >= 11 is 12.2. The Hall–Kier alpha value is -2.31. The number of halogens is 3. The van der Waals surface area contributed by atoms with Crippen molar-refractivity contribution < 1.29 is 18.7 Å². The van der Waals surface area contributed by atoms with Crippen LogP contribution in [0.2, 0.25) is 10.0 Å². The van der Waals surface area contributed by atoms with Crippen molar-refractivity contribution >= 4 is 35.0 Å². The first kappa shape index (κ1) is 24.0. The van der Waals surface area contributed by atoms with E-state index in [4.69, 9.17) is 27.9 Å². The van der Waals surface area contributed by atoms with Crippen LogP contribution in [0.15, 0.2) is 42.5 Å². The summed E-state index contributed by atoms with van der Waals surface area (Å²) in [7, 11) is 0. The molecule has 2 rings (SSSR count). The lowest BCUT2D eigenvalue weighted by Crippen LogP contribution is -2.53. The molecule has 0 bridgehead atoms. The number of carbonyl (C=O) groups is 2. The average molecular weight is 455 g/mol. The second kappa shape index (κ2) is 10.1. The second-order valence-corrected chi connectivity index (χ2v) is 8.76. The molecule has 2 amide bonds. The van der Waals surface area contributed by atoms with Crippen molar-refractivity contribution in [3.05, 3.63) is 63.9 Å². The van der Waals surface area contributed by atoms with Crippen LogP contribution in [0.5, 0.6) is 5.75 Å². The highest BCUT2D eigenvalue weighted by Crippen LogP contribution is 2.23. The number of amides is 2. The molecular weight excluding hydrogens is 430 g/mol. The minimum Gasteiger partial charge on any atom is -0.484 e. The van der Waals surface area contributed by atoms with Crippen molar-refractivity contribution in [1.29, 1.82) is 0 Å². The van der Waals surface area contributed by atoms with Gasteiger partial charge in [0, 0.05) is 22.1 Å². The third-order valence-electron chi connectivity index (χ3n) is 4.20. The standard InChI is InChI=1S/C22H25Cl2FN2O3/c1-14(21(29)26-22(2,3)4)27(12-15-5-6-16(23)11-19(15)24)20(28)13-30-18-9-7-17(25)8-10-18/h5-11,14H,12-13H2,1-4H3,(H,26,29)/t14-/m0/s1. The van der Waals surface area contributed by atoms with E-state index in [1.807, 2.05) is 20.8 Å². The fourth-order valence-electron chi connectivity index (χ4n) is 2.65. The number of benzene rings is 2. The first-order chi connectivity index (χ1) is 14.0. The van der Waals surface area contributed by atoms with E-state index in [1.54, 1.807) is 25.1 Å². The van der Waals surface area contributed by atoms with E-state index in [1.165, 1.54) is 29.2 Å². The summed E-state index contributed by atoms with van der Waals surface area (Å²) in [5, 5.41) is 3.74. The summed E-state index contributed by atoms with van der Waals surface area (Å²) in [6.07, 6.45) is 0. The maximum Gasteiger partial charge on any atom is 0.261 e. The highest BCUT2D eigenvalue weighted by molar-refractivity contribution is 6.35. The molecular formula is C22H25Cl2FN2O3. The van der Waals surface area contributed by atoms with E-state index in [9.17, 15) is 14.0 Å². The molecule has 2 aromatic rings. The number of rotatable bonds is 7. The summed E-state index contributed by atoms with van der Waals surface area (Å²) in [6.45, 7) is 7.00. The van der Waals surface area contributed by atoms with Crippen molar-refractivity contribution in [1.82, 2.24) is 10.2 Å². The molecule has 0 heterocycles. The molecule has 0 fully saturated rings. The first-order valence-corrected chi connectivity index (χ1v) is 10.2. The van der Waals surface area contributed by atoms with Crippen molar-refractivity contribution in [2.24, 2.45) is 0 Å². The Bertz CT molecular complexity index is 898. The number of nitrogens with zero attached hydrogens (tertiary/aromatic N) is 1. The molecule has 162 valence electrons. The Morgan fingerprint density at radius 3 is 2.33 bits per heavy atom. The van der Waals surface area contributed by atoms with Gasteiger partial charge in [0.15, 0.2) is 6.61 Å². The van der Waals surface area contributed by atoms with Crippen molar-refractivity contribution in [3.63, 3.8) is 0 Å². The van der Waals surface area contributed by atoms with Crippen LogP contribution in [0.4, 0.5) is 4.39 Å². The Kier molecular flexibility index (Phi) is 8.10. The topological polar surface area (TPSA) is 58.6 Å². The van der Waals surface area contributed by atoms with Crippen molar-refractivity contribution in [2.45, 2.75) is 45.8 Å². The summed E-state index contributed by atoms with van der Waals surface area (Å²) < 4.78 is 18.5. The van der Waals surface area contributed by atoms with Crippen molar-refractivity contribution in [3.8, 4) is 5.75 Å². The van der Waals surface area contributed by atoms with Gasteiger partial charge in [-0.1, -0.05) is 29.3 Å². The minimum atomic E-state index is -0.778. The molecule has 0 radical (unpaired) electrons. The van der Waals surface area contributed by atoms with Crippen molar-refractivity contribution in [2.75, 3.05) is 6.61 Å². The SMILES string of the molecule is C[C@@H](C(=O)NC(C)(C)C)N(Cc1ccc(Cl)cc1Cl)C(=O)COc1ccc(F)cc1. The highest BCUT2D eigenvalue weighted by atomic mass is 35.5. The van der Waals surface area contributed by atoms with Crippen LogP contribution < -0.4 is 10.1 Å². The second-order valence-electron chi connectivity index (χ2n) is 7.92. The molecule has 0 spiro atoms. The van der Waals surface area contributed by atoms with Gasteiger partial charge >= 0.3 is 0 Å². The minimum absolute atomic E-state index is 0.0976. The summed E-state index contributed by atoms with van der Waals surface area (Å²) in [5.74, 6) is -0.772. The number of hydrogen-bond donors (Lipinski definition) is 1. The summed E-state index contributed by atoms with van der Waals surface area (Å²) in [4.78, 5) is 27.0. The van der Waals surface area contributed by atoms with Crippen LogP contribution in [0.1, 0.15) is 33.3 Å². The van der Waals surface area contributed by atoms with Crippen LogP contribution in [0.3, 0.4) is 0 Å². The Balaban J connectivity index is 2.21. The quantitative estimate of drug-likeness (QED) is 0.650. The smallest absolute Gasteiger partial charge is 0.261 e.